The predicted molar refractivity (Wildman–Crippen MR) is 108 cm³/mol. The molecule has 28 heavy (non-hydrogen) atoms. The molecule has 1 atom stereocenters. The number of hydrogen-bond donors (Lipinski definition) is 0. The fourth-order valence-corrected chi connectivity index (χ4v) is 5.05. The van der Waals surface area contributed by atoms with Crippen molar-refractivity contribution in [1.82, 2.24) is 0 Å². The van der Waals surface area contributed by atoms with Crippen LogP contribution in [0.15, 0.2) is 48.5 Å². The Kier molecular flexibility index (Phi) is 4.63. The molecular formula is C21H20N2O4S. The number of ether oxygens (including phenoxy) is 1. The lowest BCUT2D eigenvalue weighted by molar-refractivity contribution is -0.128. The monoisotopic (exact) mass is 396 g/mol. The van der Waals surface area contributed by atoms with Crippen LogP contribution in [0.3, 0.4) is 0 Å². The van der Waals surface area contributed by atoms with E-state index in [0.29, 0.717) is 29.3 Å². The van der Waals surface area contributed by atoms with E-state index in [1.54, 1.807) is 36.4 Å². The van der Waals surface area contributed by atoms with Crippen molar-refractivity contribution < 1.29 is 19.1 Å². The molecule has 0 radical (unpaired) electrons. The fraction of sp³-hybridized carbons (Fsp3) is 0.286. The van der Waals surface area contributed by atoms with Crippen LogP contribution in [-0.4, -0.2) is 30.1 Å². The lowest BCUT2D eigenvalue weighted by atomic mass is 10.0. The van der Waals surface area contributed by atoms with Crippen molar-refractivity contribution >= 4 is 40.9 Å². The maximum Gasteiger partial charge on any atom is 0.275 e. The van der Waals surface area contributed by atoms with Crippen LogP contribution < -0.4 is 14.5 Å². The van der Waals surface area contributed by atoms with Crippen molar-refractivity contribution in [2.24, 2.45) is 0 Å². The van der Waals surface area contributed by atoms with Crippen LogP contribution in [0.2, 0.25) is 0 Å². The zero-order valence-corrected chi connectivity index (χ0v) is 16.5. The molecule has 144 valence electrons. The number of benzene rings is 2. The molecule has 3 amide bonds. The molecule has 2 aromatic carbocycles. The van der Waals surface area contributed by atoms with E-state index in [1.807, 2.05) is 19.1 Å². The Morgan fingerprint density at radius 2 is 1.86 bits per heavy atom. The van der Waals surface area contributed by atoms with Gasteiger partial charge in [-0.05, 0) is 36.8 Å². The molecule has 1 saturated heterocycles. The van der Waals surface area contributed by atoms with Gasteiger partial charge < -0.3 is 4.74 Å². The summed E-state index contributed by atoms with van der Waals surface area (Å²) < 4.78 is 5.61. The lowest BCUT2D eigenvalue weighted by Crippen LogP contribution is -2.50. The van der Waals surface area contributed by atoms with Gasteiger partial charge in [0.25, 0.3) is 5.91 Å². The molecule has 0 N–H and O–H groups in total. The number of amides is 3. The minimum atomic E-state index is -1.26. The zero-order chi connectivity index (χ0) is 19.9. The number of anilines is 2. The van der Waals surface area contributed by atoms with Crippen LogP contribution in [-0.2, 0) is 19.3 Å². The van der Waals surface area contributed by atoms with E-state index in [4.69, 9.17) is 4.74 Å². The Balaban J connectivity index is 1.81. The van der Waals surface area contributed by atoms with Gasteiger partial charge in [0.05, 0.1) is 18.0 Å². The van der Waals surface area contributed by atoms with Crippen molar-refractivity contribution in [1.29, 1.82) is 0 Å². The molecular weight excluding hydrogens is 376 g/mol. The van der Waals surface area contributed by atoms with Gasteiger partial charge in [0, 0.05) is 18.2 Å². The second-order valence-corrected chi connectivity index (χ2v) is 7.85. The number of carbonyl (C=O) groups excluding carboxylic acids is 3. The topological polar surface area (TPSA) is 66.9 Å². The van der Waals surface area contributed by atoms with E-state index < -0.39 is 10.8 Å². The molecule has 4 rings (SSSR count). The number of rotatable bonds is 4. The standard InChI is InChI=1S/C21H20N2O4S/c1-3-12-27-16-10-8-15(9-11-16)23-19(25)13-28-21(23)17-6-4-5-7-18(17)22(14(2)24)20(21)26/h4-11H,3,12-13H2,1-2H3/t21-/m0/s1. The van der Waals surface area contributed by atoms with Crippen LogP contribution >= 0.6 is 11.8 Å². The number of fused-ring (bicyclic) bond motifs is 2. The van der Waals surface area contributed by atoms with Crippen LogP contribution in [0.1, 0.15) is 25.8 Å². The molecule has 1 spiro atoms. The van der Waals surface area contributed by atoms with Crippen molar-refractivity contribution in [3.8, 4) is 5.75 Å². The number of carbonyl (C=O) groups is 3. The summed E-state index contributed by atoms with van der Waals surface area (Å²) in [6, 6.07) is 14.3. The van der Waals surface area contributed by atoms with Gasteiger partial charge in [-0.1, -0.05) is 25.1 Å². The summed E-state index contributed by atoms with van der Waals surface area (Å²) in [5.41, 5.74) is 1.81. The van der Waals surface area contributed by atoms with E-state index in [1.165, 1.54) is 28.5 Å². The fourth-order valence-electron chi connectivity index (χ4n) is 3.71. The zero-order valence-electron chi connectivity index (χ0n) is 15.7. The number of para-hydroxylation sites is 1. The molecule has 2 heterocycles. The summed E-state index contributed by atoms with van der Waals surface area (Å²) in [6.45, 7) is 4.00. The molecule has 2 aliphatic rings. The molecule has 0 unspecified atom stereocenters. The largest absolute Gasteiger partial charge is 0.494 e. The van der Waals surface area contributed by atoms with Crippen molar-refractivity contribution in [2.45, 2.75) is 25.1 Å². The maximum atomic E-state index is 13.4. The highest BCUT2D eigenvalue weighted by atomic mass is 32.2. The maximum absolute atomic E-state index is 13.4. The Morgan fingerprint density at radius 1 is 1.14 bits per heavy atom. The van der Waals surface area contributed by atoms with Gasteiger partial charge in [0.1, 0.15) is 5.75 Å². The SMILES string of the molecule is CCCOc1ccc(N2C(=O)CS[C@@]23C(=O)N(C(C)=O)c2ccccc23)cc1. The normalized spacial score (nSPS) is 20.8. The van der Waals surface area contributed by atoms with Gasteiger partial charge in [0.15, 0.2) is 0 Å². The summed E-state index contributed by atoms with van der Waals surface area (Å²) in [7, 11) is 0. The minimum Gasteiger partial charge on any atom is -0.494 e. The third-order valence-corrected chi connectivity index (χ3v) is 6.24. The van der Waals surface area contributed by atoms with Crippen LogP contribution in [0.25, 0.3) is 0 Å². The number of nitrogens with zero attached hydrogens (tertiary/aromatic N) is 2. The molecule has 2 aliphatic heterocycles. The van der Waals surface area contributed by atoms with Crippen LogP contribution in [0.5, 0.6) is 5.75 Å². The second kappa shape index (κ2) is 6.98. The first kappa shape index (κ1) is 18.6. The smallest absolute Gasteiger partial charge is 0.275 e. The first-order chi connectivity index (χ1) is 13.5. The molecule has 6 nitrogen and oxygen atoms in total. The van der Waals surface area contributed by atoms with Gasteiger partial charge in [-0.2, -0.15) is 0 Å². The molecule has 1 fully saturated rings. The van der Waals surface area contributed by atoms with Crippen molar-refractivity contribution in [2.75, 3.05) is 22.2 Å². The summed E-state index contributed by atoms with van der Waals surface area (Å²) >= 11 is 1.26. The highest BCUT2D eigenvalue weighted by Crippen LogP contribution is 2.55. The Labute approximate surface area is 167 Å². The van der Waals surface area contributed by atoms with Gasteiger partial charge in [-0.25, -0.2) is 4.90 Å². The van der Waals surface area contributed by atoms with E-state index in [0.717, 1.165) is 6.42 Å². The number of thioether (sulfide) groups is 1. The van der Waals surface area contributed by atoms with Crippen LogP contribution in [0.4, 0.5) is 11.4 Å². The molecule has 0 saturated carbocycles. The third-order valence-electron chi connectivity index (χ3n) is 4.85. The molecule has 0 aliphatic carbocycles. The predicted octanol–water partition coefficient (Wildman–Crippen LogP) is 3.30. The van der Waals surface area contributed by atoms with E-state index in [-0.39, 0.29) is 17.6 Å². The molecule has 7 heteroatoms. The van der Waals surface area contributed by atoms with E-state index in [2.05, 4.69) is 0 Å². The highest BCUT2D eigenvalue weighted by Gasteiger charge is 2.61. The van der Waals surface area contributed by atoms with Gasteiger partial charge >= 0.3 is 0 Å². The lowest BCUT2D eigenvalue weighted by Gasteiger charge is -2.33. The number of imide groups is 1. The summed E-state index contributed by atoms with van der Waals surface area (Å²) in [5.74, 6) is -0.0518. The average molecular weight is 396 g/mol. The molecule has 0 bridgehead atoms. The Bertz CT molecular complexity index is 959. The highest BCUT2D eigenvalue weighted by molar-refractivity contribution is 8.02. The minimum absolute atomic E-state index is 0.166. The Hall–Kier alpha value is -2.80. The van der Waals surface area contributed by atoms with Crippen molar-refractivity contribution in [3.63, 3.8) is 0 Å². The van der Waals surface area contributed by atoms with Crippen molar-refractivity contribution in [3.05, 3.63) is 54.1 Å². The summed E-state index contributed by atoms with van der Waals surface area (Å²) in [6.07, 6.45) is 0.901. The number of hydrogen-bond acceptors (Lipinski definition) is 5. The first-order valence-corrected chi connectivity index (χ1v) is 10.1. The molecule has 2 aromatic rings. The van der Waals surface area contributed by atoms with Gasteiger partial charge in [0.2, 0.25) is 16.7 Å². The van der Waals surface area contributed by atoms with E-state index >= 15 is 0 Å². The van der Waals surface area contributed by atoms with Gasteiger partial charge in [-0.15, -0.1) is 11.8 Å². The van der Waals surface area contributed by atoms with Gasteiger partial charge in [-0.3, -0.25) is 19.3 Å². The third kappa shape index (κ3) is 2.61. The van der Waals surface area contributed by atoms with Crippen LogP contribution in [0, 0.1) is 0 Å². The quantitative estimate of drug-likeness (QED) is 0.793. The summed E-state index contributed by atoms with van der Waals surface area (Å²) in [4.78, 5) is 39.9. The molecule has 0 aromatic heterocycles. The Morgan fingerprint density at radius 3 is 2.54 bits per heavy atom. The average Bonchev–Trinajstić information content (AvgIpc) is 3.17. The summed E-state index contributed by atoms with van der Waals surface area (Å²) in [5, 5.41) is 0. The first-order valence-electron chi connectivity index (χ1n) is 9.15. The second-order valence-electron chi connectivity index (χ2n) is 6.68. The van der Waals surface area contributed by atoms with E-state index in [9.17, 15) is 14.4 Å².